The second-order valence-corrected chi connectivity index (χ2v) is 5.03. The van der Waals surface area contributed by atoms with Crippen molar-refractivity contribution in [2.45, 2.75) is 44.2 Å². The van der Waals surface area contributed by atoms with Crippen LogP contribution in [0.2, 0.25) is 0 Å². The van der Waals surface area contributed by atoms with E-state index < -0.39 is 23.7 Å². The molecule has 0 saturated heterocycles. The molecule has 0 heterocycles. The largest absolute Gasteiger partial charge is 0.488 e. The van der Waals surface area contributed by atoms with Gasteiger partial charge in [0.1, 0.15) is 23.8 Å². The maximum atomic E-state index is 13.2. The average Bonchev–Trinajstić information content (AvgIpc) is 2.39. The third-order valence-electron chi connectivity index (χ3n) is 3.34. The van der Waals surface area contributed by atoms with Crippen molar-refractivity contribution in [2.24, 2.45) is 5.73 Å². The van der Waals surface area contributed by atoms with Gasteiger partial charge in [0.25, 0.3) is 0 Å². The minimum Gasteiger partial charge on any atom is -0.488 e. The van der Waals surface area contributed by atoms with Gasteiger partial charge in [-0.05, 0) is 24.6 Å². The summed E-state index contributed by atoms with van der Waals surface area (Å²) in [6, 6.07) is 2.39. The fourth-order valence-corrected chi connectivity index (χ4v) is 2.19. The van der Waals surface area contributed by atoms with E-state index in [4.69, 9.17) is 15.2 Å². The molecule has 1 aromatic carbocycles. The van der Waals surface area contributed by atoms with Gasteiger partial charge >= 0.3 is 6.18 Å². The molecule has 1 fully saturated rings. The Morgan fingerprint density at radius 3 is 2.62 bits per heavy atom. The maximum Gasteiger partial charge on any atom is 0.419 e. The lowest BCUT2D eigenvalue weighted by atomic mass is 9.86. The van der Waals surface area contributed by atoms with Crippen molar-refractivity contribution in [3.8, 4) is 5.75 Å². The number of rotatable bonds is 5. The van der Waals surface area contributed by atoms with Crippen molar-refractivity contribution in [2.75, 3.05) is 6.61 Å². The highest BCUT2D eigenvalue weighted by atomic mass is 19.4. The number of hydrogen-bond donors (Lipinski definition) is 1. The molecule has 1 aliphatic carbocycles. The fraction of sp³-hybridized carbons (Fsp3) is 0.571. The molecule has 21 heavy (non-hydrogen) atoms. The zero-order valence-electron chi connectivity index (χ0n) is 11.5. The molecule has 2 rings (SSSR count). The highest BCUT2D eigenvalue weighted by Crippen LogP contribution is 2.35. The van der Waals surface area contributed by atoms with Gasteiger partial charge in [0.15, 0.2) is 0 Å². The Labute approximate surface area is 120 Å². The molecule has 0 amide bonds. The van der Waals surface area contributed by atoms with Crippen LogP contribution in [-0.2, 0) is 10.9 Å². The molecule has 7 heteroatoms. The SMILES string of the molecule is CCCOC1C(N)CC1Oc1ccc(F)c(C(F)(F)F)c1. The molecule has 2 N–H and O–H groups in total. The fourth-order valence-electron chi connectivity index (χ4n) is 2.19. The van der Waals surface area contributed by atoms with Crippen LogP contribution in [0.5, 0.6) is 5.75 Å². The van der Waals surface area contributed by atoms with E-state index in [1.165, 1.54) is 6.07 Å². The maximum absolute atomic E-state index is 13.2. The van der Waals surface area contributed by atoms with Crippen LogP contribution in [0.4, 0.5) is 17.6 Å². The Bertz CT molecular complexity index is 492. The number of benzene rings is 1. The van der Waals surface area contributed by atoms with Gasteiger partial charge in [0, 0.05) is 19.1 Å². The van der Waals surface area contributed by atoms with Crippen molar-refractivity contribution in [1.29, 1.82) is 0 Å². The second kappa shape index (κ2) is 6.19. The first-order valence-electron chi connectivity index (χ1n) is 6.73. The molecule has 1 saturated carbocycles. The Balaban J connectivity index is 2.07. The van der Waals surface area contributed by atoms with E-state index in [-0.39, 0.29) is 17.9 Å². The van der Waals surface area contributed by atoms with Crippen LogP contribution in [0.25, 0.3) is 0 Å². The molecular formula is C14H17F4NO2. The molecule has 118 valence electrons. The van der Waals surface area contributed by atoms with Crippen molar-refractivity contribution in [3.63, 3.8) is 0 Å². The summed E-state index contributed by atoms with van der Waals surface area (Å²) < 4.78 is 62.0. The number of halogens is 4. The van der Waals surface area contributed by atoms with Gasteiger partial charge in [-0.25, -0.2) is 4.39 Å². The summed E-state index contributed by atoms with van der Waals surface area (Å²) in [6.07, 6.45) is -4.20. The standard InChI is InChI=1S/C14H17F4NO2/c1-2-5-20-13-11(19)7-12(13)21-8-3-4-10(15)9(6-8)14(16,17)18/h3-4,6,11-13H,2,5,7,19H2,1H3. The van der Waals surface area contributed by atoms with Gasteiger partial charge in [0.2, 0.25) is 0 Å². The summed E-state index contributed by atoms with van der Waals surface area (Å²) in [6.45, 7) is 2.45. The van der Waals surface area contributed by atoms with E-state index in [1.807, 2.05) is 6.92 Å². The second-order valence-electron chi connectivity index (χ2n) is 5.03. The van der Waals surface area contributed by atoms with E-state index in [2.05, 4.69) is 0 Å². The monoisotopic (exact) mass is 307 g/mol. The summed E-state index contributed by atoms with van der Waals surface area (Å²) in [4.78, 5) is 0. The van der Waals surface area contributed by atoms with Crippen LogP contribution in [0.15, 0.2) is 18.2 Å². The lowest BCUT2D eigenvalue weighted by molar-refractivity contribution is -0.140. The third-order valence-corrected chi connectivity index (χ3v) is 3.34. The highest BCUT2D eigenvalue weighted by Gasteiger charge is 2.42. The summed E-state index contributed by atoms with van der Waals surface area (Å²) in [5, 5.41) is 0. The Morgan fingerprint density at radius 2 is 2.05 bits per heavy atom. The molecule has 1 aromatic rings. The number of hydrogen-bond acceptors (Lipinski definition) is 3. The lowest BCUT2D eigenvalue weighted by Crippen LogP contribution is -2.59. The van der Waals surface area contributed by atoms with Crippen LogP contribution in [-0.4, -0.2) is 24.9 Å². The molecule has 0 radical (unpaired) electrons. The lowest BCUT2D eigenvalue weighted by Gasteiger charge is -2.41. The molecule has 3 atom stereocenters. The molecule has 0 aliphatic heterocycles. The van der Waals surface area contributed by atoms with Crippen LogP contribution >= 0.6 is 0 Å². The summed E-state index contributed by atoms with van der Waals surface area (Å²) in [5.74, 6) is -1.36. The van der Waals surface area contributed by atoms with Crippen LogP contribution in [0.1, 0.15) is 25.3 Å². The zero-order chi connectivity index (χ0) is 15.6. The smallest absolute Gasteiger partial charge is 0.419 e. The van der Waals surface area contributed by atoms with Gasteiger partial charge in [-0.15, -0.1) is 0 Å². The predicted molar refractivity (Wildman–Crippen MR) is 68.4 cm³/mol. The molecule has 1 aliphatic rings. The Morgan fingerprint density at radius 1 is 1.33 bits per heavy atom. The number of alkyl halides is 3. The van der Waals surface area contributed by atoms with Crippen LogP contribution < -0.4 is 10.5 Å². The number of ether oxygens (including phenoxy) is 2. The van der Waals surface area contributed by atoms with Gasteiger partial charge in [-0.3, -0.25) is 0 Å². The van der Waals surface area contributed by atoms with Crippen molar-refractivity contribution >= 4 is 0 Å². The molecule has 3 nitrogen and oxygen atoms in total. The van der Waals surface area contributed by atoms with Gasteiger partial charge in [0.05, 0.1) is 5.56 Å². The quantitative estimate of drug-likeness (QED) is 0.850. The first-order valence-corrected chi connectivity index (χ1v) is 6.73. The van der Waals surface area contributed by atoms with E-state index >= 15 is 0 Å². The molecule has 0 aromatic heterocycles. The minimum absolute atomic E-state index is 0.0364. The Hall–Kier alpha value is -1.34. The van der Waals surface area contributed by atoms with Crippen molar-refractivity contribution < 1.29 is 27.0 Å². The van der Waals surface area contributed by atoms with E-state index in [0.29, 0.717) is 19.1 Å². The summed E-state index contributed by atoms with van der Waals surface area (Å²) in [7, 11) is 0. The van der Waals surface area contributed by atoms with Crippen LogP contribution in [0, 0.1) is 5.82 Å². The normalized spacial score (nSPS) is 25.5. The third kappa shape index (κ3) is 3.65. The van der Waals surface area contributed by atoms with Gasteiger partial charge in [-0.1, -0.05) is 6.92 Å². The first-order chi connectivity index (χ1) is 9.82. The first kappa shape index (κ1) is 16.0. The molecular weight excluding hydrogens is 290 g/mol. The molecule has 0 bridgehead atoms. The van der Waals surface area contributed by atoms with E-state index in [1.54, 1.807) is 0 Å². The number of nitrogens with two attached hydrogens (primary N) is 1. The van der Waals surface area contributed by atoms with Gasteiger partial charge in [-0.2, -0.15) is 13.2 Å². The van der Waals surface area contributed by atoms with Crippen molar-refractivity contribution in [1.82, 2.24) is 0 Å². The molecule has 0 spiro atoms. The minimum atomic E-state index is -4.75. The summed E-state index contributed by atoms with van der Waals surface area (Å²) in [5.41, 5.74) is 4.45. The predicted octanol–water partition coefficient (Wildman–Crippen LogP) is 3.12. The average molecular weight is 307 g/mol. The molecule has 3 unspecified atom stereocenters. The summed E-state index contributed by atoms with van der Waals surface area (Å²) >= 11 is 0. The Kier molecular flexibility index (Phi) is 4.73. The van der Waals surface area contributed by atoms with Crippen LogP contribution in [0.3, 0.4) is 0 Å². The van der Waals surface area contributed by atoms with Crippen molar-refractivity contribution in [3.05, 3.63) is 29.6 Å². The van der Waals surface area contributed by atoms with E-state index in [9.17, 15) is 17.6 Å². The van der Waals surface area contributed by atoms with E-state index in [0.717, 1.165) is 12.5 Å². The topological polar surface area (TPSA) is 44.5 Å². The van der Waals surface area contributed by atoms with Gasteiger partial charge < -0.3 is 15.2 Å². The zero-order valence-corrected chi connectivity index (χ0v) is 11.5. The highest BCUT2D eigenvalue weighted by molar-refractivity contribution is 5.32.